The molecule has 0 amide bonds. The van der Waals surface area contributed by atoms with Crippen molar-refractivity contribution < 1.29 is 4.92 Å². The molecule has 102 valence electrons. The third-order valence-electron chi connectivity index (χ3n) is 3.14. The third-order valence-corrected chi connectivity index (χ3v) is 3.14. The summed E-state index contributed by atoms with van der Waals surface area (Å²) in [5.41, 5.74) is 3.19. The zero-order valence-electron chi connectivity index (χ0n) is 10.5. The number of fused-ring (bicyclic) bond motifs is 1. The molecule has 20 heavy (non-hydrogen) atoms. The molecule has 1 aliphatic rings. The second kappa shape index (κ2) is 4.02. The van der Waals surface area contributed by atoms with Crippen molar-refractivity contribution in [3.05, 3.63) is 51.9 Å². The van der Waals surface area contributed by atoms with Gasteiger partial charge < -0.3 is 5.32 Å². The van der Waals surface area contributed by atoms with Crippen LogP contribution in [0.3, 0.4) is 0 Å². The predicted octanol–water partition coefficient (Wildman–Crippen LogP) is 0.508. The van der Waals surface area contributed by atoms with Gasteiger partial charge in [0, 0.05) is 12.1 Å². The van der Waals surface area contributed by atoms with Gasteiger partial charge >= 0.3 is 0 Å². The molecule has 1 atom stereocenters. The fourth-order valence-electron chi connectivity index (χ4n) is 2.08. The lowest BCUT2D eigenvalue weighted by atomic mass is 10.0. The third kappa shape index (κ3) is 1.76. The zero-order chi connectivity index (χ0) is 14.3. The molecule has 0 spiro atoms. The van der Waals surface area contributed by atoms with Crippen molar-refractivity contribution in [2.24, 2.45) is 0 Å². The van der Waals surface area contributed by atoms with Gasteiger partial charge in [0.1, 0.15) is 12.0 Å². The van der Waals surface area contributed by atoms with Crippen LogP contribution in [0.4, 0.5) is 11.6 Å². The number of benzene rings is 1. The fourth-order valence-corrected chi connectivity index (χ4v) is 2.08. The number of nitro benzene ring substituents is 1. The van der Waals surface area contributed by atoms with E-state index in [1.165, 1.54) is 23.1 Å². The van der Waals surface area contributed by atoms with Crippen LogP contribution in [0.1, 0.15) is 12.5 Å². The topological polar surface area (TPSA) is 122 Å². The smallest absolute Gasteiger partial charge is 0.269 e. The number of non-ortho nitro benzene ring substituents is 1. The van der Waals surface area contributed by atoms with Crippen LogP contribution in [-0.4, -0.2) is 19.6 Å². The normalized spacial score (nSPS) is 19.9. The Kier molecular flexibility index (Phi) is 2.43. The number of hydrogen-bond donors (Lipinski definition) is 3. The Balaban J connectivity index is 1.98. The van der Waals surface area contributed by atoms with Gasteiger partial charge in [0.2, 0.25) is 11.6 Å². The maximum atomic E-state index is 10.7. The molecule has 2 aromatic rings. The van der Waals surface area contributed by atoms with Gasteiger partial charge in [-0.25, -0.2) is 4.98 Å². The van der Waals surface area contributed by atoms with Gasteiger partial charge in [-0.05, 0) is 24.6 Å². The molecule has 1 aromatic carbocycles. The van der Waals surface area contributed by atoms with Gasteiger partial charge in [0.15, 0.2) is 0 Å². The first-order valence-electron chi connectivity index (χ1n) is 5.79. The summed E-state index contributed by atoms with van der Waals surface area (Å²) in [6.45, 7) is 1.85. The molecule has 0 aliphatic carbocycles. The minimum Gasteiger partial charge on any atom is -0.327 e. The summed E-state index contributed by atoms with van der Waals surface area (Å²) in [6.07, 6.45) is 1.30. The standard InChI is InChI=1S/C11H11N7O2/c1-11(7-2-4-8(5-3-7)18(19)20)15-10-14-6-13-9(12)17(10)16-11/h2-6,16H,1H3,(H2,12,13,14,15). The second-order valence-corrected chi connectivity index (χ2v) is 4.52. The molecule has 0 fully saturated rings. The highest BCUT2D eigenvalue weighted by Gasteiger charge is 2.34. The number of aromatic nitrogens is 3. The maximum Gasteiger partial charge on any atom is 0.269 e. The van der Waals surface area contributed by atoms with E-state index in [0.29, 0.717) is 5.95 Å². The molecule has 9 nitrogen and oxygen atoms in total. The Labute approximate surface area is 112 Å². The van der Waals surface area contributed by atoms with E-state index in [1.807, 2.05) is 6.92 Å². The van der Waals surface area contributed by atoms with E-state index in [1.54, 1.807) is 12.1 Å². The first-order chi connectivity index (χ1) is 9.49. The van der Waals surface area contributed by atoms with Gasteiger partial charge in [-0.15, -0.1) is 0 Å². The molecule has 1 aromatic heterocycles. The largest absolute Gasteiger partial charge is 0.327 e. The highest BCUT2D eigenvalue weighted by molar-refractivity contribution is 5.46. The van der Waals surface area contributed by atoms with Crippen molar-refractivity contribution in [1.82, 2.24) is 14.6 Å². The Morgan fingerprint density at radius 2 is 2.05 bits per heavy atom. The van der Waals surface area contributed by atoms with E-state index in [4.69, 9.17) is 5.41 Å². The molecule has 1 unspecified atom stereocenters. The van der Waals surface area contributed by atoms with Crippen LogP contribution < -0.4 is 16.4 Å². The van der Waals surface area contributed by atoms with Gasteiger partial charge in [0.05, 0.1) is 4.92 Å². The Hall–Kier alpha value is -2.97. The van der Waals surface area contributed by atoms with Crippen molar-refractivity contribution in [3.8, 4) is 0 Å². The highest BCUT2D eigenvalue weighted by atomic mass is 16.6. The Bertz CT molecular complexity index is 739. The van der Waals surface area contributed by atoms with E-state index in [0.717, 1.165) is 5.56 Å². The number of rotatable bonds is 2. The Morgan fingerprint density at radius 3 is 2.65 bits per heavy atom. The molecule has 9 heteroatoms. The molecule has 2 heterocycles. The summed E-state index contributed by atoms with van der Waals surface area (Å²) < 4.78 is 1.42. The minimum atomic E-state index is -0.714. The molecule has 3 N–H and O–H groups in total. The Morgan fingerprint density at radius 1 is 1.35 bits per heavy atom. The van der Waals surface area contributed by atoms with Crippen molar-refractivity contribution in [3.63, 3.8) is 0 Å². The second-order valence-electron chi connectivity index (χ2n) is 4.52. The van der Waals surface area contributed by atoms with E-state index in [2.05, 4.69) is 20.7 Å². The first kappa shape index (κ1) is 12.1. The van der Waals surface area contributed by atoms with Crippen LogP contribution in [0.25, 0.3) is 0 Å². The molecular formula is C11H11N7O2. The molecular weight excluding hydrogens is 262 g/mol. The van der Waals surface area contributed by atoms with Gasteiger partial charge in [0.25, 0.3) is 5.69 Å². The number of hydrogen-bond acceptors (Lipinski definition) is 7. The lowest BCUT2D eigenvalue weighted by Crippen LogP contribution is -2.40. The summed E-state index contributed by atoms with van der Waals surface area (Å²) in [6, 6.07) is 6.18. The van der Waals surface area contributed by atoms with Crippen molar-refractivity contribution in [1.29, 1.82) is 5.41 Å². The molecule has 0 saturated carbocycles. The average molecular weight is 273 g/mol. The van der Waals surface area contributed by atoms with Crippen molar-refractivity contribution in [2.45, 2.75) is 12.6 Å². The predicted molar refractivity (Wildman–Crippen MR) is 69.3 cm³/mol. The van der Waals surface area contributed by atoms with Gasteiger partial charge in [-0.3, -0.25) is 20.9 Å². The lowest BCUT2D eigenvalue weighted by molar-refractivity contribution is -0.384. The van der Waals surface area contributed by atoms with E-state index >= 15 is 0 Å². The van der Waals surface area contributed by atoms with Crippen LogP contribution in [0, 0.1) is 15.5 Å². The zero-order valence-corrected chi connectivity index (χ0v) is 10.5. The summed E-state index contributed by atoms with van der Waals surface area (Å²) in [5, 5.41) is 21.5. The fraction of sp³-hybridized carbons (Fsp3) is 0.182. The summed E-state index contributed by atoms with van der Waals surface area (Å²) >= 11 is 0. The highest BCUT2D eigenvalue weighted by Crippen LogP contribution is 2.28. The quantitative estimate of drug-likeness (QED) is 0.541. The number of nitro groups is 1. The van der Waals surface area contributed by atoms with Crippen LogP contribution in [-0.2, 0) is 5.66 Å². The molecule has 0 radical (unpaired) electrons. The van der Waals surface area contributed by atoms with Gasteiger partial charge in [-0.2, -0.15) is 9.66 Å². The van der Waals surface area contributed by atoms with Gasteiger partial charge in [-0.1, -0.05) is 0 Å². The van der Waals surface area contributed by atoms with Crippen LogP contribution in [0.5, 0.6) is 0 Å². The lowest BCUT2D eigenvalue weighted by Gasteiger charge is -2.25. The maximum absolute atomic E-state index is 10.7. The summed E-state index contributed by atoms with van der Waals surface area (Å²) in [5.74, 6) is 0.464. The number of anilines is 1. The SMILES string of the molecule is CC1(c2ccc([N+](=O)[O-])cc2)Nc2ncnc(=N)n2N1. The van der Waals surface area contributed by atoms with E-state index < -0.39 is 10.6 Å². The minimum absolute atomic E-state index is 0.0214. The molecule has 1 aliphatic heterocycles. The molecule has 0 saturated heterocycles. The van der Waals surface area contributed by atoms with E-state index in [-0.39, 0.29) is 11.3 Å². The van der Waals surface area contributed by atoms with Crippen LogP contribution in [0.15, 0.2) is 30.6 Å². The summed E-state index contributed by atoms with van der Waals surface area (Å²) in [4.78, 5) is 18.0. The van der Waals surface area contributed by atoms with Crippen molar-refractivity contribution >= 4 is 11.6 Å². The van der Waals surface area contributed by atoms with E-state index in [9.17, 15) is 10.1 Å². The number of nitrogens with zero attached hydrogens (tertiary/aromatic N) is 4. The monoisotopic (exact) mass is 273 g/mol. The number of nitrogens with one attached hydrogen (secondary N) is 3. The van der Waals surface area contributed by atoms with Crippen LogP contribution in [0.2, 0.25) is 0 Å². The molecule has 0 bridgehead atoms. The molecule has 3 rings (SSSR count). The summed E-state index contributed by atoms with van der Waals surface area (Å²) in [7, 11) is 0. The van der Waals surface area contributed by atoms with Crippen molar-refractivity contribution in [2.75, 3.05) is 10.7 Å². The first-order valence-corrected chi connectivity index (χ1v) is 5.79. The van der Waals surface area contributed by atoms with Crippen LogP contribution >= 0.6 is 0 Å². The average Bonchev–Trinajstić information content (AvgIpc) is 2.78.